The van der Waals surface area contributed by atoms with Crippen LogP contribution in [-0.4, -0.2) is 36.2 Å². The summed E-state index contributed by atoms with van der Waals surface area (Å²) in [6.45, 7) is 12.9. The van der Waals surface area contributed by atoms with Crippen LogP contribution >= 0.6 is 24.8 Å². The summed E-state index contributed by atoms with van der Waals surface area (Å²) in [7, 11) is 0. The fraction of sp³-hybridized carbons (Fsp3) is 0.647. The van der Waals surface area contributed by atoms with Gasteiger partial charge in [0.1, 0.15) is 5.75 Å². The van der Waals surface area contributed by atoms with Crippen molar-refractivity contribution in [2.45, 2.75) is 40.2 Å². The maximum absolute atomic E-state index is 9.98. The molecule has 0 amide bonds. The van der Waals surface area contributed by atoms with Gasteiger partial charge in [0.15, 0.2) is 0 Å². The molecule has 1 atom stereocenters. The maximum Gasteiger partial charge on any atom is 0.121 e. The summed E-state index contributed by atoms with van der Waals surface area (Å²) in [4.78, 5) is 2.59. The van der Waals surface area contributed by atoms with E-state index in [1.807, 2.05) is 13.8 Å². The lowest BCUT2D eigenvalue weighted by Gasteiger charge is -2.36. The van der Waals surface area contributed by atoms with Crippen LogP contribution in [0.4, 0.5) is 0 Å². The van der Waals surface area contributed by atoms with Crippen molar-refractivity contribution in [1.29, 1.82) is 0 Å². The number of phenolic OH excluding ortho intramolecular Hbond substituents is 1. The fourth-order valence-electron chi connectivity index (χ4n) is 3.12. The van der Waals surface area contributed by atoms with Gasteiger partial charge in [-0.1, -0.05) is 26.0 Å². The molecule has 128 valence electrons. The number of hydrogen-bond donors (Lipinski definition) is 2. The molecule has 1 aromatic carbocycles. The van der Waals surface area contributed by atoms with Gasteiger partial charge < -0.3 is 10.4 Å². The Bertz CT molecular complexity index is 437. The van der Waals surface area contributed by atoms with Crippen LogP contribution in [0.25, 0.3) is 0 Å². The molecule has 0 aliphatic carbocycles. The Labute approximate surface area is 147 Å². The molecule has 5 heteroatoms. The van der Waals surface area contributed by atoms with Gasteiger partial charge in [-0.05, 0) is 42.9 Å². The van der Waals surface area contributed by atoms with Crippen LogP contribution in [0.15, 0.2) is 12.1 Å². The molecule has 2 rings (SSSR count). The zero-order valence-electron chi connectivity index (χ0n) is 14.1. The van der Waals surface area contributed by atoms with Gasteiger partial charge in [-0.15, -0.1) is 24.8 Å². The fourth-order valence-corrected chi connectivity index (χ4v) is 3.12. The van der Waals surface area contributed by atoms with E-state index in [1.54, 1.807) is 0 Å². The Morgan fingerprint density at radius 2 is 1.59 bits per heavy atom. The van der Waals surface area contributed by atoms with Crippen LogP contribution in [0.5, 0.6) is 5.75 Å². The molecule has 3 nitrogen and oxygen atoms in total. The lowest BCUT2D eigenvalue weighted by Crippen LogP contribution is -2.45. The van der Waals surface area contributed by atoms with Gasteiger partial charge in [0, 0.05) is 32.2 Å². The van der Waals surface area contributed by atoms with E-state index in [4.69, 9.17) is 0 Å². The third-order valence-corrected chi connectivity index (χ3v) is 4.19. The number of piperazine rings is 1. The van der Waals surface area contributed by atoms with Gasteiger partial charge in [0.05, 0.1) is 0 Å². The third kappa shape index (κ3) is 5.31. The topological polar surface area (TPSA) is 35.5 Å². The Hall–Kier alpha value is -0.480. The van der Waals surface area contributed by atoms with Crippen molar-refractivity contribution in [3.63, 3.8) is 0 Å². The minimum absolute atomic E-state index is 0. The van der Waals surface area contributed by atoms with Gasteiger partial charge in [-0.3, -0.25) is 4.90 Å². The van der Waals surface area contributed by atoms with Crippen LogP contribution in [0.3, 0.4) is 0 Å². The lowest BCUT2D eigenvalue weighted by atomic mass is 9.92. The van der Waals surface area contributed by atoms with Gasteiger partial charge in [0.2, 0.25) is 0 Å². The minimum Gasteiger partial charge on any atom is -0.507 e. The van der Waals surface area contributed by atoms with Crippen molar-refractivity contribution in [3.8, 4) is 5.75 Å². The van der Waals surface area contributed by atoms with E-state index in [-0.39, 0.29) is 24.8 Å². The maximum atomic E-state index is 9.98. The van der Waals surface area contributed by atoms with Crippen LogP contribution in [0.2, 0.25) is 0 Å². The molecular formula is C17H30Cl2N2O. The smallest absolute Gasteiger partial charge is 0.121 e. The van der Waals surface area contributed by atoms with Crippen molar-refractivity contribution in [1.82, 2.24) is 10.2 Å². The number of aromatic hydroxyl groups is 1. The summed E-state index contributed by atoms with van der Waals surface area (Å²) < 4.78 is 0. The average molecular weight is 349 g/mol. The largest absolute Gasteiger partial charge is 0.507 e. The Morgan fingerprint density at radius 1 is 1.09 bits per heavy atom. The van der Waals surface area contributed by atoms with Crippen molar-refractivity contribution < 1.29 is 5.11 Å². The lowest BCUT2D eigenvalue weighted by molar-refractivity contribution is 0.154. The zero-order chi connectivity index (χ0) is 14.7. The molecule has 0 radical (unpaired) electrons. The van der Waals surface area contributed by atoms with Crippen LogP contribution < -0.4 is 5.32 Å². The third-order valence-electron chi connectivity index (χ3n) is 4.19. The highest BCUT2D eigenvalue weighted by Crippen LogP contribution is 2.32. The van der Waals surface area contributed by atoms with E-state index in [0.717, 1.165) is 37.3 Å². The molecule has 1 aliphatic heterocycles. The van der Waals surface area contributed by atoms with E-state index in [1.165, 1.54) is 12.0 Å². The van der Waals surface area contributed by atoms with E-state index in [2.05, 4.69) is 36.2 Å². The first-order valence-electron chi connectivity index (χ1n) is 7.74. The average Bonchev–Trinajstić information content (AvgIpc) is 2.42. The van der Waals surface area contributed by atoms with E-state index in [9.17, 15) is 5.11 Å². The highest BCUT2D eigenvalue weighted by Gasteiger charge is 2.23. The first kappa shape index (κ1) is 21.5. The summed E-state index contributed by atoms with van der Waals surface area (Å²) >= 11 is 0. The van der Waals surface area contributed by atoms with Gasteiger partial charge in [-0.2, -0.15) is 0 Å². The highest BCUT2D eigenvalue weighted by molar-refractivity contribution is 5.85. The van der Waals surface area contributed by atoms with Gasteiger partial charge in [-0.25, -0.2) is 0 Å². The summed E-state index contributed by atoms with van der Waals surface area (Å²) in [6.07, 6.45) is 1.17. The van der Waals surface area contributed by atoms with Crippen molar-refractivity contribution in [2.24, 2.45) is 5.92 Å². The quantitative estimate of drug-likeness (QED) is 0.867. The predicted octanol–water partition coefficient (Wildman–Crippen LogP) is 3.85. The minimum atomic E-state index is 0. The van der Waals surface area contributed by atoms with E-state index < -0.39 is 0 Å². The molecule has 2 N–H and O–H groups in total. The van der Waals surface area contributed by atoms with Crippen LogP contribution in [0.1, 0.15) is 43.0 Å². The number of nitrogens with one attached hydrogen (secondary N) is 1. The number of rotatable bonds is 4. The normalized spacial score (nSPS) is 16.8. The second-order valence-electron chi connectivity index (χ2n) is 6.43. The second kappa shape index (κ2) is 9.61. The molecular weight excluding hydrogens is 319 g/mol. The summed E-state index contributed by atoms with van der Waals surface area (Å²) in [5.41, 5.74) is 3.33. The molecule has 0 aromatic heterocycles. The van der Waals surface area contributed by atoms with Gasteiger partial charge in [0.25, 0.3) is 0 Å². The molecule has 1 saturated heterocycles. The number of hydrogen-bond acceptors (Lipinski definition) is 3. The summed E-state index contributed by atoms with van der Waals surface area (Å²) in [5.74, 6) is 1.11. The Morgan fingerprint density at radius 3 is 2.05 bits per heavy atom. The number of halogens is 2. The highest BCUT2D eigenvalue weighted by atomic mass is 35.5. The second-order valence-corrected chi connectivity index (χ2v) is 6.43. The molecule has 1 aromatic rings. The summed E-state index contributed by atoms with van der Waals surface area (Å²) in [5, 5.41) is 13.4. The molecule has 1 aliphatic rings. The molecule has 0 unspecified atom stereocenters. The summed E-state index contributed by atoms with van der Waals surface area (Å²) in [6, 6.07) is 4.80. The first-order valence-corrected chi connectivity index (χ1v) is 7.74. The zero-order valence-corrected chi connectivity index (χ0v) is 15.7. The van der Waals surface area contributed by atoms with E-state index in [0.29, 0.717) is 17.7 Å². The Kier molecular flexibility index (Phi) is 9.40. The van der Waals surface area contributed by atoms with Crippen molar-refractivity contribution in [2.75, 3.05) is 26.2 Å². The Balaban J connectivity index is 0.00000220. The van der Waals surface area contributed by atoms with Crippen LogP contribution in [0, 0.1) is 19.8 Å². The number of phenols is 1. The van der Waals surface area contributed by atoms with Crippen LogP contribution in [-0.2, 0) is 0 Å². The monoisotopic (exact) mass is 348 g/mol. The molecule has 1 heterocycles. The number of aryl methyl sites for hydroxylation is 2. The molecule has 1 fully saturated rings. The molecule has 0 saturated carbocycles. The molecule has 22 heavy (non-hydrogen) atoms. The number of benzene rings is 1. The first-order chi connectivity index (χ1) is 9.49. The predicted molar refractivity (Wildman–Crippen MR) is 98.7 cm³/mol. The van der Waals surface area contributed by atoms with E-state index >= 15 is 0 Å². The van der Waals surface area contributed by atoms with Gasteiger partial charge >= 0.3 is 0 Å². The van der Waals surface area contributed by atoms with Crippen molar-refractivity contribution in [3.05, 3.63) is 28.8 Å². The standard InChI is InChI=1S/C17H28N2O.2ClH/c1-12(2)9-16(19-7-5-18-6-8-19)15-10-13(3)17(20)14(4)11-15;;/h10-12,16,18,20H,5-9H2,1-4H3;2*1H/t16-;;/m1../s1. The number of nitrogens with zero attached hydrogens (tertiary/aromatic N) is 1. The molecule has 0 bridgehead atoms. The van der Waals surface area contributed by atoms with Crippen molar-refractivity contribution >= 4 is 24.8 Å². The SMILES string of the molecule is Cc1cc([C@@H](CC(C)C)N2CCNCC2)cc(C)c1O.Cl.Cl. The molecule has 0 spiro atoms.